The first-order valence-corrected chi connectivity index (χ1v) is 24.4. The Balaban J connectivity index is 1.13. The van der Waals surface area contributed by atoms with Crippen LogP contribution in [0.1, 0.15) is 13.3 Å². The zero-order valence-electron chi connectivity index (χ0n) is 40.3. The van der Waals surface area contributed by atoms with Crippen LogP contribution in [0, 0.1) is 0 Å². The van der Waals surface area contributed by atoms with Crippen molar-refractivity contribution >= 4 is 0 Å². The summed E-state index contributed by atoms with van der Waals surface area (Å²) >= 11 is 0. The summed E-state index contributed by atoms with van der Waals surface area (Å²) in [5.74, 6) is 0. The molecule has 7 rings (SSSR count). The first-order valence-electron chi connectivity index (χ1n) is 24.4. The van der Waals surface area contributed by atoms with E-state index < -0.39 is 248 Å². The second-order valence-corrected chi connectivity index (χ2v) is 19.4. The van der Waals surface area contributed by atoms with Gasteiger partial charge in [-0.05, 0) is 6.92 Å². The zero-order valence-corrected chi connectivity index (χ0v) is 40.3. The van der Waals surface area contributed by atoms with E-state index in [4.69, 9.17) is 61.6 Å². The van der Waals surface area contributed by atoms with Crippen molar-refractivity contribution in [1.82, 2.24) is 0 Å². The Hall–Kier alpha value is -1.36. The highest BCUT2D eigenvalue weighted by Crippen LogP contribution is 2.39. The largest absolute Gasteiger partial charge is 0.394 e. The van der Waals surface area contributed by atoms with E-state index >= 15 is 0 Å². The van der Waals surface area contributed by atoms with Crippen LogP contribution in [0.15, 0.2) is 0 Å². The van der Waals surface area contributed by atoms with Crippen LogP contribution in [-0.2, 0) is 61.6 Å². The zero-order chi connectivity index (χ0) is 55.8. The number of ether oxygens (including phenoxy) is 13. The molecule has 0 spiro atoms. The highest BCUT2D eigenvalue weighted by atomic mass is 16.8. The highest BCUT2D eigenvalue weighted by Gasteiger charge is 2.59. The molecule has 0 bridgehead atoms. The Kier molecular flexibility index (Phi) is 21.9. The molecular formula is C42H72O34. The van der Waals surface area contributed by atoms with Crippen molar-refractivity contribution in [2.45, 2.75) is 222 Å². The predicted molar refractivity (Wildman–Crippen MR) is 229 cm³/mol. The fourth-order valence-electron chi connectivity index (χ4n) is 9.85. The molecule has 0 aromatic carbocycles. The van der Waals surface area contributed by atoms with E-state index in [9.17, 15) is 107 Å². The van der Waals surface area contributed by atoms with Gasteiger partial charge in [-0.3, -0.25) is 0 Å². The lowest BCUT2D eigenvalue weighted by Crippen LogP contribution is -2.69. The predicted octanol–water partition coefficient (Wildman–Crippen LogP) is -14.2. The first kappa shape index (κ1) is 62.2. The Labute approximate surface area is 430 Å². The van der Waals surface area contributed by atoms with E-state index in [1.165, 1.54) is 6.92 Å². The van der Waals surface area contributed by atoms with Crippen molar-refractivity contribution in [3.8, 4) is 0 Å². The minimum atomic E-state index is -2.33. The van der Waals surface area contributed by atoms with Crippen molar-refractivity contribution in [3.05, 3.63) is 0 Å². The third kappa shape index (κ3) is 12.8. The van der Waals surface area contributed by atoms with Gasteiger partial charge in [-0.25, -0.2) is 0 Å². The minimum absolute atomic E-state index is 0.337. The Morgan fingerprint density at radius 3 is 1.09 bits per heavy atom. The van der Waals surface area contributed by atoms with Crippen LogP contribution in [0.2, 0.25) is 0 Å². The summed E-state index contributed by atoms with van der Waals surface area (Å²) < 4.78 is 74.2. The minimum Gasteiger partial charge on any atom is -0.394 e. The summed E-state index contributed by atoms with van der Waals surface area (Å²) in [5.41, 5.74) is 0. The molecule has 7 aliphatic heterocycles. The first-order chi connectivity index (χ1) is 36.0. The molecule has 0 aromatic heterocycles. The number of hydrogen-bond acceptors (Lipinski definition) is 34. The van der Waals surface area contributed by atoms with E-state index in [0.717, 1.165) is 0 Å². The van der Waals surface area contributed by atoms with Crippen molar-refractivity contribution in [2.75, 3.05) is 39.6 Å². The quantitative estimate of drug-likeness (QED) is 0.0606. The van der Waals surface area contributed by atoms with Crippen LogP contribution < -0.4 is 0 Å². The molecule has 0 amide bonds. The van der Waals surface area contributed by atoms with E-state index in [1.54, 1.807) is 0 Å². The standard InChI is InChI=1S/C42H72O34/c1-9-10(49)2-11(50)37(64-9)75-34-20(53)14(5-45)68-42(74-33-19(52)13(4-44)67-41(29(33)62)73-30-15(6-46)65-36(63)25(58)22(30)55)35(34)76-40-28(61)24(57)32(17(8-48)70-40)72-39-27(60)23(56)31(16(7-47)69-39)71-38-26(59)21(54)18(51)12(3-43)66-38/h9-63H,2-8H2,1H3/t9-,10-,11-,12-,13-,14-,15-,16-,17-,18-,19-,20-,21+,22-,23-,24-,25-,26-,27-,28-,29-,30-,31-,32+,33+,34+,35+,36-,37-,38-,39+,40-,41-,42-/m1/s1. The summed E-state index contributed by atoms with van der Waals surface area (Å²) in [5, 5.41) is 225. The highest BCUT2D eigenvalue weighted by molar-refractivity contribution is 5.01. The van der Waals surface area contributed by atoms with Gasteiger partial charge >= 0.3 is 0 Å². The van der Waals surface area contributed by atoms with Gasteiger partial charge in [0.25, 0.3) is 0 Å². The third-order valence-electron chi connectivity index (χ3n) is 14.4. The molecule has 7 aliphatic rings. The van der Waals surface area contributed by atoms with E-state index in [2.05, 4.69) is 0 Å². The van der Waals surface area contributed by atoms with Crippen molar-refractivity contribution in [1.29, 1.82) is 0 Å². The molecule has 7 heterocycles. The average Bonchev–Trinajstić information content (AvgIpc) is 3.40. The second-order valence-electron chi connectivity index (χ2n) is 19.4. The molecule has 444 valence electrons. The summed E-state index contributed by atoms with van der Waals surface area (Å²) in [6.07, 6.45) is -64.9. The summed E-state index contributed by atoms with van der Waals surface area (Å²) in [4.78, 5) is 0. The number of aliphatic hydroxyl groups excluding tert-OH is 21. The lowest BCUT2D eigenvalue weighted by Gasteiger charge is -2.51. The molecule has 0 unspecified atom stereocenters. The Morgan fingerprint density at radius 1 is 0.276 bits per heavy atom. The molecule has 21 N–H and O–H groups in total. The topological polar surface area (TPSA) is 545 Å². The smallest absolute Gasteiger partial charge is 0.187 e. The molecule has 0 radical (unpaired) electrons. The lowest BCUT2D eigenvalue weighted by atomic mass is 9.95. The summed E-state index contributed by atoms with van der Waals surface area (Å²) in [7, 11) is 0. The van der Waals surface area contributed by atoms with Crippen molar-refractivity contribution < 1.29 is 169 Å². The molecule has 76 heavy (non-hydrogen) atoms. The molecule has 7 saturated heterocycles. The van der Waals surface area contributed by atoms with Crippen LogP contribution >= 0.6 is 0 Å². The number of hydrogen-bond donors (Lipinski definition) is 21. The van der Waals surface area contributed by atoms with Crippen LogP contribution in [0.3, 0.4) is 0 Å². The van der Waals surface area contributed by atoms with E-state index in [0.29, 0.717) is 0 Å². The van der Waals surface area contributed by atoms with Gasteiger partial charge in [0.15, 0.2) is 44.0 Å². The molecule has 34 atom stereocenters. The van der Waals surface area contributed by atoms with Gasteiger partial charge in [0.2, 0.25) is 0 Å². The molecule has 0 aromatic rings. The third-order valence-corrected chi connectivity index (χ3v) is 14.4. The van der Waals surface area contributed by atoms with Gasteiger partial charge in [0.05, 0.1) is 51.8 Å². The van der Waals surface area contributed by atoms with E-state index in [1.807, 2.05) is 0 Å². The van der Waals surface area contributed by atoms with Gasteiger partial charge < -0.3 is 169 Å². The number of aliphatic hydroxyl groups is 21. The maximum atomic E-state index is 11.7. The normalized spacial score (nSPS) is 53.6. The van der Waals surface area contributed by atoms with Crippen LogP contribution in [0.4, 0.5) is 0 Å². The van der Waals surface area contributed by atoms with Gasteiger partial charge in [-0.15, -0.1) is 0 Å². The molecule has 0 saturated carbocycles. The molecule has 34 heteroatoms. The molecule has 0 aliphatic carbocycles. The van der Waals surface area contributed by atoms with Gasteiger partial charge in [0, 0.05) is 6.42 Å². The maximum absolute atomic E-state index is 11.7. The van der Waals surface area contributed by atoms with Gasteiger partial charge in [0.1, 0.15) is 153 Å². The van der Waals surface area contributed by atoms with Gasteiger partial charge in [-0.1, -0.05) is 0 Å². The Morgan fingerprint density at radius 2 is 0.618 bits per heavy atom. The average molecular weight is 1120 g/mol. The molecule has 34 nitrogen and oxygen atoms in total. The summed E-state index contributed by atoms with van der Waals surface area (Å²) in [6, 6.07) is 0. The fraction of sp³-hybridized carbons (Fsp3) is 1.00. The molecule has 7 fully saturated rings. The maximum Gasteiger partial charge on any atom is 0.187 e. The van der Waals surface area contributed by atoms with Crippen LogP contribution in [-0.4, -0.2) is 356 Å². The lowest BCUT2D eigenvalue weighted by molar-refractivity contribution is -0.412. The van der Waals surface area contributed by atoms with E-state index in [-0.39, 0.29) is 6.42 Å². The summed E-state index contributed by atoms with van der Waals surface area (Å²) in [6.45, 7) is -4.55. The Bertz CT molecular complexity index is 1760. The van der Waals surface area contributed by atoms with Gasteiger partial charge in [-0.2, -0.15) is 0 Å². The molecular weight excluding hydrogens is 1050 g/mol. The van der Waals surface area contributed by atoms with Crippen molar-refractivity contribution in [2.24, 2.45) is 0 Å². The van der Waals surface area contributed by atoms with Crippen LogP contribution in [0.5, 0.6) is 0 Å². The SMILES string of the molecule is C[C@H]1O[C@H](O[C@H]2[C@H](O)[C@@H](CO)O[C@H](O[C@@H]3[C@@H](O)[C@@H](O[C@H]4[C@H](O)[C@@H](O)[C@H](O)O[C@@H]4CO)O[C@H](CO)[C@H]3O)[C@H]2O[C@H]2O[C@H](CO)[C@H](O[C@@H]3O[C@H](CO)[C@@H](O[C@H]4O[C@H](CO)[C@@H](O)[C@H](O)[C@H]4O)[C@H](O)[C@H]3O)[C@H](O)[C@H]2O)[C@H](O)C[C@H]1O. The monoisotopic (exact) mass is 1120 g/mol. The van der Waals surface area contributed by atoms with Crippen LogP contribution in [0.25, 0.3) is 0 Å². The van der Waals surface area contributed by atoms with Crippen molar-refractivity contribution in [3.63, 3.8) is 0 Å². The number of rotatable bonds is 18. The fourth-order valence-corrected chi connectivity index (χ4v) is 9.85. The second kappa shape index (κ2) is 26.7.